The number of rotatable bonds is 9. The molecule has 0 heterocycles. The van der Waals surface area contributed by atoms with Gasteiger partial charge in [-0.15, -0.1) is 0 Å². The Morgan fingerprint density at radius 1 is 1.14 bits per heavy atom. The highest BCUT2D eigenvalue weighted by Crippen LogP contribution is 2.20. The Morgan fingerprint density at radius 3 is 2.48 bits per heavy atom. The van der Waals surface area contributed by atoms with Crippen LogP contribution in [0.1, 0.15) is 51.3 Å². The molecule has 0 radical (unpaired) electrons. The lowest BCUT2D eigenvalue weighted by molar-refractivity contribution is -0.0519. The van der Waals surface area contributed by atoms with E-state index >= 15 is 0 Å². The summed E-state index contributed by atoms with van der Waals surface area (Å²) in [6.07, 6.45) is 1.22. The zero-order valence-electron chi connectivity index (χ0n) is 14.2. The first-order chi connectivity index (χ1) is 9.94. The van der Waals surface area contributed by atoms with Crippen molar-refractivity contribution in [3.05, 3.63) is 35.4 Å². The molecule has 0 aliphatic rings. The molecule has 0 spiro atoms. The van der Waals surface area contributed by atoms with Gasteiger partial charge in [0.05, 0.1) is 24.9 Å². The molecular formula is C18H31NO2. The first-order valence-corrected chi connectivity index (χ1v) is 7.96. The van der Waals surface area contributed by atoms with Gasteiger partial charge in [0, 0.05) is 6.54 Å². The lowest BCUT2D eigenvalue weighted by Crippen LogP contribution is -2.27. The molecule has 0 bridgehead atoms. The van der Waals surface area contributed by atoms with Crippen molar-refractivity contribution in [2.75, 3.05) is 26.3 Å². The van der Waals surface area contributed by atoms with Gasteiger partial charge in [0.1, 0.15) is 0 Å². The Bertz CT molecular complexity index is 398. The number of hydrogen-bond acceptors (Lipinski definition) is 3. The maximum Gasteiger partial charge on any atom is 0.0952 e. The first-order valence-electron chi connectivity index (χ1n) is 7.96. The van der Waals surface area contributed by atoms with E-state index in [1.54, 1.807) is 0 Å². The van der Waals surface area contributed by atoms with E-state index in [1.165, 1.54) is 11.1 Å². The summed E-state index contributed by atoms with van der Waals surface area (Å²) in [5.41, 5.74) is 2.43. The van der Waals surface area contributed by atoms with E-state index in [2.05, 4.69) is 64.2 Å². The highest BCUT2D eigenvalue weighted by Gasteiger charge is 2.15. The molecule has 0 aliphatic carbocycles. The maximum atomic E-state index is 6.06. The fraction of sp³-hybridized carbons (Fsp3) is 0.667. The lowest BCUT2D eigenvalue weighted by atomic mass is 10.0. The van der Waals surface area contributed by atoms with Gasteiger partial charge in [-0.25, -0.2) is 0 Å². The fourth-order valence-electron chi connectivity index (χ4n) is 2.15. The van der Waals surface area contributed by atoms with Crippen molar-refractivity contribution in [3.8, 4) is 0 Å². The third kappa shape index (κ3) is 7.60. The summed E-state index contributed by atoms with van der Waals surface area (Å²) in [7, 11) is 0. The van der Waals surface area contributed by atoms with Crippen molar-refractivity contribution >= 4 is 0 Å². The van der Waals surface area contributed by atoms with Gasteiger partial charge in [0.25, 0.3) is 0 Å². The van der Waals surface area contributed by atoms with Gasteiger partial charge in [0.15, 0.2) is 0 Å². The summed E-state index contributed by atoms with van der Waals surface area (Å²) in [6.45, 7) is 13.6. The average molecular weight is 293 g/mol. The quantitative estimate of drug-likeness (QED) is 0.701. The van der Waals surface area contributed by atoms with Crippen molar-refractivity contribution in [2.45, 2.75) is 52.7 Å². The standard InChI is InChI=1S/C18H31NO2/c1-6-11-19-14-17(16-10-8-7-9-15(16)2)20-12-13-21-18(3,4)5/h7-10,17,19H,6,11-14H2,1-5H3. The number of benzene rings is 1. The summed E-state index contributed by atoms with van der Waals surface area (Å²) in [5.74, 6) is 0. The van der Waals surface area contributed by atoms with Crippen LogP contribution in [0.3, 0.4) is 0 Å². The van der Waals surface area contributed by atoms with Crippen LogP contribution in [0.15, 0.2) is 24.3 Å². The molecule has 21 heavy (non-hydrogen) atoms. The minimum absolute atomic E-state index is 0.0846. The minimum Gasteiger partial charge on any atom is -0.373 e. The zero-order valence-corrected chi connectivity index (χ0v) is 14.2. The zero-order chi connectivity index (χ0) is 15.7. The molecule has 3 heteroatoms. The van der Waals surface area contributed by atoms with Crippen LogP contribution >= 0.6 is 0 Å². The molecule has 0 amide bonds. The van der Waals surface area contributed by atoms with E-state index in [0.29, 0.717) is 13.2 Å². The van der Waals surface area contributed by atoms with Crippen molar-refractivity contribution in [2.24, 2.45) is 0 Å². The smallest absolute Gasteiger partial charge is 0.0952 e. The Labute approximate surface area is 130 Å². The van der Waals surface area contributed by atoms with Crippen molar-refractivity contribution in [3.63, 3.8) is 0 Å². The molecule has 1 rings (SSSR count). The Morgan fingerprint density at radius 2 is 1.86 bits per heavy atom. The van der Waals surface area contributed by atoms with Crippen LogP contribution < -0.4 is 5.32 Å². The second kappa shape index (κ2) is 9.19. The Hall–Kier alpha value is -0.900. The van der Waals surface area contributed by atoms with Crippen LogP contribution in [0, 0.1) is 6.92 Å². The molecule has 0 saturated heterocycles. The molecule has 0 fully saturated rings. The predicted octanol–water partition coefficient (Wildman–Crippen LogP) is 3.87. The SMILES string of the molecule is CCCNCC(OCCOC(C)(C)C)c1ccccc1C. The highest BCUT2D eigenvalue weighted by atomic mass is 16.5. The van der Waals surface area contributed by atoms with Crippen LogP contribution in [0.25, 0.3) is 0 Å². The van der Waals surface area contributed by atoms with E-state index in [9.17, 15) is 0 Å². The molecule has 1 atom stereocenters. The maximum absolute atomic E-state index is 6.06. The van der Waals surface area contributed by atoms with Crippen molar-refractivity contribution in [1.82, 2.24) is 5.32 Å². The van der Waals surface area contributed by atoms with E-state index < -0.39 is 0 Å². The normalized spacial score (nSPS) is 13.4. The highest BCUT2D eigenvalue weighted by molar-refractivity contribution is 5.28. The largest absolute Gasteiger partial charge is 0.373 e. The average Bonchev–Trinajstić information content (AvgIpc) is 2.41. The topological polar surface area (TPSA) is 30.5 Å². The van der Waals surface area contributed by atoms with Gasteiger partial charge in [-0.1, -0.05) is 31.2 Å². The Kier molecular flexibility index (Phi) is 7.94. The molecular weight excluding hydrogens is 262 g/mol. The number of aryl methyl sites for hydroxylation is 1. The second-order valence-corrected chi connectivity index (χ2v) is 6.38. The van der Waals surface area contributed by atoms with Gasteiger partial charge < -0.3 is 14.8 Å². The van der Waals surface area contributed by atoms with Gasteiger partial charge in [0.2, 0.25) is 0 Å². The molecule has 120 valence electrons. The molecule has 1 aromatic carbocycles. The number of nitrogens with one attached hydrogen (secondary N) is 1. The van der Waals surface area contributed by atoms with Crippen LogP contribution in [0.2, 0.25) is 0 Å². The molecule has 0 saturated carbocycles. The number of ether oxygens (including phenoxy) is 2. The van der Waals surface area contributed by atoms with Crippen molar-refractivity contribution < 1.29 is 9.47 Å². The Balaban J connectivity index is 2.55. The summed E-state index contributed by atoms with van der Waals surface area (Å²) in [6, 6.07) is 8.43. The summed E-state index contributed by atoms with van der Waals surface area (Å²) in [4.78, 5) is 0. The third-order valence-electron chi connectivity index (χ3n) is 3.23. The number of hydrogen-bond donors (Lipinski definition) is 1. The van der Waals surface area contributed by atoms with Crippen LogP contribution in [0.5, 0.6) is 0 Å². The van der Waals surface area contributed by atoms with Gasteiger partial charge in [-0.3, -0.25) is 0 Å². The summed E-state index contributed by atoms with van der Waals surface area (Å²) in [5, 5.41) is 3.45. The molecule has 1 N–H and O–H groups in total. The first kappa shape index (κ1) is 18.1. The van der Waals surface area contributed by atoms with Crippen LogP contribution in [-0.4, -0.2) is 31.9 Å². The van der Waals surface area contributed by atoms with E-state index in [1.807, 2.05) is 0 Å². The van der Waals surface area contributed by atoms with E-state index in [4.69, 9.17) is 9.47 Å². The second-order valence-electron chi connectivity index (χ2n) is 6.38. The monoisotopic (exact) mass is 293 g/mol. The van der Waals surface area contributed by atoms with Gasteiger partial charge in [-0.2, -0.15) is 0 Å². The van der Waals surface area contributed by atoms with Gasteiger partial charge in [-0.05, 0) is 51.8 Å². The lowest BCUT2D eigenvalue weighted by Gasteiger charge is -2.23. The molecule has 0 aromatic heterocycles. The third-order valence-corrected chi connectivity index (χ3v) is 3.23. The molecule has 1 unspecified atom stereocenters. The fourth-order valence-corrected chi connectivity index (χ4v) is 2.15. The van der Waals surface area contributed by atoms with Crippen LogP contribution in [0.4, 0.5) is 0 Å². The van der Waals surface area contributed by atoms with Crippen LogP contribution in [-0.2, 0) is 9.47 Å². The summed E-state index contributed by atoms with van der Waals surface area (Å²) < 4.78 is 11.8. The molecule has 1 aromatic rings. The van der Waals surface area contributed by atoms with E-state index in [-0.39, 0.29) is 11.7 Å². The minimum atomic E-state index is -0.109. The summed E-state index contributed by atoms with van der Waals surface area (Å²) >= 11 is 0. The molecule has 0 aliphatic heterocycles. The van der Waals surface area contributed by atoms with Gasteiger partial charge >= 0.3 is 0 Å². The molecule has 3 nitrogen and oxygen atoms in total. The van der Waals surface area contributed by atoms with Crippen molar-refractivity contribution in [1.29, 1.82) is 0 Å². The van der Waals surface area contributed by atoms with E-state index in [0.717, 1.165) is 19.5 Å². The predicted molar refractivity (Wildman–Crippen MR) is 88.7 cm³/mol.